The van der Waals surface area contributed by atoms with Crippen molar-refractivity contribution in [2.24, 2.45) is 0 Å². The molecule has 0 aliphatic rings. The van der Waals surface area contributed by atoms with Crippen LogP contribution in [-0.2, 0) is 13.9 Å². The summed E-state index contributed by atoms with van der Waals surface area (Å²) in [6.07, 6.45) is -0.954. The smallest absolute Gasteiger partial charge is 0.231 e. The molecule has 16 heavy (non-hydrogen) atoms. The van der Waals surface area contributed by atoms with Gasteiger partial charge in [0.1, 0.15) is 6.61 Å². The van der Waals surface area contributed by atoms with E-state index in [2.05, 4.69) is 19.7 Å². The Morgan fingerprint density at radius 1 is 1.12 bits per heavy atom. The van der Waals surface area contributed by atoms with Gasteiger partial charge in [-0.3, -0.25) is 0 Å². The molecule has 0 aromatic carbocycles. The Morgan fingerprint density at radius 2 is 1.56 bits per heavy atom. The zero-order chi connectivity index (χ0) is 13.1. The molecule has 0 aliphatic heterocycles. The van der Waals surface area contributed by atoms with Gasteiger partial charge in [-0.05, 0) is 20.8 Å². The topological polar surface area (TPSA) is 47.9 Å². The summed E-state index contributed by atoms with van der Waals surface area (Å²) < 4.78 is 14.4. The molecule has 0 amide bonds. The van der Waals surface area contributed by atoms with Gasteiger partial charge < -0.3 is 19.0 Å². The summed E-state index contributed by atoms with van der Waals surface area (Å²) in [5, 5.41) is 9.02. The van der Waals surface area contributed by atoms with Gasteiger partial charge in [0, 0.05) is 0 Å². The number of aliphatic hydroxyl groups excluding tert-OH is 1. The summed E-state index contributed by atoms with van der Waals surface area (Å²) >= 11 is 0. The lowest BCUT2D eigenvalue weighted by Gasteiger charge is -2.13. The highest BCUT2D eigenvalue weighted by Crippen LogP contribution is 1.99. The predicted molar refractivity (Wildman–Crippen MR) is 68.5 cm³/mol. The standard InChI is InChI=1S/C8H14O3.C3H8OSi/c1-6(2)10-5-8(9)11-7(3)4;1-3(2)4-5/h8-9H,1,3,5H2,2,4H3;1H2,2,5H3. The van der Waals surface area contributed by atoms with Gasteiger partial charge in [0.15, 0.2) is 0 Å². The SMILES string of the molecule is C=C(C)OCC(O)OC(=C)C.C=C(C)O[SiH3]. The van der Waals surface area contributed by atoms with Crippen molar-refractivity contribution in [1.29, 1.82) is 0 Å². The van der Waals surface area contributed by atoms with E-state index in [-0.39, 0.29) is 6.61 Å². The zero-order valence-electron chi connectivity index (χ0n) is 10.6. The number of aliphatic hydroxyl groups is 1. The van der Waals surface area contributed by atoms with Gasteiger partial charge in [-0.25, -0.2) is 0 Å². The number of ether oxygens (including phenoxy) is 2. The first-order chi connectivity index (χ1) is 7.29. The molecular weight excluding hydrogens is 224 g/mol. The molecule has 0 rings (SSSR count). The maximum atomic E-state index is 9.02. The molecule has 0 saturated carbocycles. The van der Waals surface area contributed by atoms with E-state index in [0.29, 0.717) is 11.5 Å². The van der Waals surface area contributed by atoms with Gasteiger partial charge in [-0.1, -0.05) is 19.7 Å². The van der Waals surface area contributed by atoms with Crippen LogP contribution < -0.4 is 0 Å². The monoisotopic (exact) mass is 246 g/mol. The fourth-order valence-corrected chi connectivity index (χ4v) is 0.480. The predicted octanol–water partition coefficient (Wildman–Crippen LogP) is 1.22. The van der Waals surface area contributed by atoms with Crippen LogP contribution in [0.15, 0.2) is 37.0 Å². The van der Waals surface area contributed by atoms with E-state index in [9.17, 15) is 0 Å². The first kappa shape index (κ1) is 17.2. The van der Waals surface area contributed by atoms with Crippen molar-refractivity contribution >= 4 is 10.5 Å². The van der Waals surface area contributed by atoms with Gasteiger partial charge in [0.2, 0.25) is 16.8 Å². The number of allylic oxidation sites excluding steroid dienone is 3. The second kappa shape index (κ2) is 10.3. The maximum absolute atomic E-state index is 9.02. The summed E-state index contributed by atoms with van der Waals surface area (Å²) in [6.45, 7) is 15.7. The lowest BCUT2D eigenvalue weighted by Crippen LogP contribution is -2.17. The second-order valence-corrected chi connectivity index (χ2v) is 3.60. The van der Waals surface area contributed by atoms with Crippen molar-refractivity contribution in [3.63, 3.8) is 0 Å². The minimum Gasteiger partial charge on any atom is -0.557 e. The zero-order valence-corrected chi connectivity index (χ0v) is 12.6. The summed E-state index contributed by atoms with van der Waals surface area (Å²) in [5.74, 6) is 1.83. The molecule has 0 heterocycles. The third-order valence-electron chi connectivity index (χ3n) is 1.16. The molecule has 94 valence electrons. The molecule has 0 saturated heterocycles. The molecule has 0 fully saturated rings. The van der Waals surface area contributed by atoms with Crippen molar-refractivity contribution < 1.29 is 19.0 Å². The summed E-state index contributed by atoms with van der Waals surface area (Å²) in [7, 11) is 0.774. The molecule has 1 atom stereocenters. The van der Waals surface area contributed by atoms with E-state index in [1.807, 2.05) is 6.92 Å². The van der Waals surface area contributed by atoms with Crippen molar-refractivity contribution in [2.45, 2.75) is 27.1 Å². The molecule has 4 nitrogen and oxygen atoms in total. The molecular formula is C11H22O4Si. The minimum absolute atomic E-state index is 0.0855. The third kappa shape index (κ3) is 18.6. The van der Waals surface area contributed by atoms with E-state index in [1.54, 1.807) is 13.8 Å². The molecule has 0 spiro atoms. The van der Waals surface area contributed by atoms with Crippen LogP contribution in [0.25, 0.3) is 0 Å². The van der Waals surface area contributed by atoms with E-state index >= 15 is 0 Å². The van der Waals surface area contributed by atoms with E-state index < -0.39 is 6.29 Å². The minimum atomic E-state index is -0.954. The molecule has 1 N–H and O–H groups in total. The van der Waals surface area contributed by atoms with Crippen LogP contribution in [0.4, 0.5) is 0 Å². The van der Waals surface area contributed by atoms with Crippen LogP contribution in [0.1, 0.15) is 20.8 Å². The van der Waals surface area contributed by atoms with E-state index in [4.69, 9.17) is 19.0 Å². The third-order valence-corrected chi connectivity index (χ3v) is 1.85. The Hall–Kier alpha value is -1.20. The van der Waals surface area contributed by atoms with Gasteiger partial charge in [-0.15, -0.1) is 0 Å². The second-order valence-electron chi connectivity index (χ2n) is 3.19. The van der Waals surface area contributed by atoms with Crippen molar-refractivity contribution in [3.05, 3.63) is 37.0 Å². The van der Waals surface area contributed by atoms with Crippen molar-refractivity contribution in [1.82, 2.24) is 0 Å². The molecule has 0 radical (unpaired) electrons. The Labute approximate surface area is 101 Å². The van der Waals surface area contributed by atoms with Crippen LogP contribution in [0.5, 0.6) is 0 Å². The Morgan fingerprint density at radius 3 is 1.81 bits per heavy atom. The van der Waals surface area contributed by atoms with E-state index in [0.717, 1.165) is 16.2 Å². The summed E-state index contributed by atoms with van der Waals surface area (Å²) in [5.41, 5.74) is 0. The van der Waals surface area contributed by atoms with Gasteiger partial charge in [-0.2, -0.15) is 0 Å². The molecule has 0 aromatic heterocycles. The van der Waals surface area contributed by atoms with Crippen LogP contribution >= 0.6 is 0 Å². The molecule has 5 heteroatoms. The number of rotatable bonds is 6. The van der Waals surface area contributed by atoms with Gasteiger partial charge >= 0.3 is 0 Å². The Balaban J connectivity index is 0. The molecule has 1 unspecified atom stereocenters. The van der Waals surface area contributed by atoms with Crippen LogP contribution in [0.2, 0.25) is 0 Å². The largest absolute Gasteiger partial charge is 0.557 e. The number of hydrogen-bond donors (Lipinski definition) is 1. The van der Waals surface area contributed by atoms with Crippen LogP contribution in [0, 0.1) is 0 Å². The highest BCUT2D eigenvalue weighted by Gasteiger charge is 2.03. The van der Waals surface area contributed by atoms with E-state index in [1.165, 1.54) is 0 Å². The van der Waals surface area contributed by atoms with Crippen molar-refractivity contribution in [3.8, 4) is 0 Å². The fourth-order valence-electron chi connectivity index (χ4n) is 0.480. The highest BCUT2D eigenvalue weighted by molar-refractivity contribution is 5.98. The van der Waals surface area contributed by atoms with Gasteiger partial charge in [0.25, 0.3) is 0 Å². The average molecular weight is 246 g/mol. The quantitative estimate of drug-likeness (QED) is 0.435. The average Bonchev–Trinajstić information content (AvgIpc) is 2.14. The number of hydrogen-bond acceptors (Lipinski definition) is 4. The fraction of sp³-hybridized carbons (Fsp3) is 0.455. The summed E-state index contributed by atoms with van der Waals surface area (Å²) in [4.78, 5) is 0. The van der Waals surface area contributed by atoms with Crippen LogP contribution in [0.3, 0.4) is 0 Å². The highest BCUT2D eigenvalue weighted by atomic mass is 28.2. The first-order valence-electron chi connectivity index (χ1n) is 4.77. The lowest BCUT2D eigenvalue weighted by molar-refractivity contribution is -0.0997. The first-order valence-corrected chi connectivity index (χ1v) is 5.59. The van der Waals surface area contributed by atoms with Crippen molar-refractivity contribution in [2.75, 3.05) is 6.61 Å². The normalized spacial score (nSPS) is 10.5. The summed E-state index contributed by atoms with van der Waals surface area (Å²) in [6, 6.07) is 0. The lowest BCUT2D eigenvalue weighted by atomic mass is 10.6. The Bertz CT molecular complexity index is 238. The molecule has 0 bridgehead atoms. The van der Waals surface area contributed by atoms with Crippen LogP contribution in [-0.4, -0.2) is 28.5 Å². The molecule has 0 aromatic rings. The molecule has 0 aliphatic carbocycles. The maximum Gasteiger partial charge on any atom is 0.231 e. The van der Waals surface area contributed by atoms with Gasteiger partial charge in [0.05, 0.1) is 17.3 Å². The Kier molecular flexibility index (Phi) is 11.1.